The fourth-order valence-corrected chi connectivity index (χ4v) is 3.28. The molecular weight excluding hydrogens is 336 g/mol. The van der Waals surface area contributed by atoms with E-state index < -0.39 is 12.0 Å². The van der Waals surface area contributed by atoms with Crippen molar-refractivity contribution in [2.75, 3.05) is 19.8 Å². The SMILES string of the molecule is CCC1=C(C(=O)OCC2CCOCC2)[C@H](c2cccc(O)c2)NC(=O)N1. The first-order chi connectivity index (χ1) is 12.6. The van der Waals surface area contributed by atoms with E-state index in [2.05, 4.69) is 10.6 Å². The third-order valence-corrected chi connectivity index (χ3v) is 4.72. The molecule has 0 bridgehead atoms. The lowest BCUT2D eigenvalue weighted by Gasteiger charge is -2.30. The molecule has 7 nitrogen and oxygen atoms in total. The highest BCUT2D eigenvalue weighted by atomic mass is 16.5. The second-order valence-electron chi connectivity index (χ2n) is 6.53. The van der Waals surface area contributed by atoms with Crippen molar-refractivity contribution in [2.45, 2.75) is 32.2 Å². The number of benzene rings is 1. The fourth-order valence-electron chi connectivity index (χ4n) is 3.28. The highest BCUT2D eigenvalue weighted by Crippen LogP contribution is 2.30. The van der Waals surface area contributed by atoms with E-state index in [9.17, 15) is 14.7 Å². The predicted octanol–water partition coefficient (Wildman–Crippen LogP) is 2.38. The van der Waals surface area contributed by atoms with E-state index in [1.165, 1.54) is 6.07 Å². The molecule has 0 radical (unpaired) electrons. The number of nitrogens with one attached hydrogen (secondary N) is 2. The zero-order valence-corrected chi connectivity index (χ0v) is 14.8. The number of allylic oxidation sites excluding steroid dienone is 1. The van der Waals surface area contributed by atoms with E-state index >= 15 is 0 Å². The van der Waals surface area contributed by atoms with Crippen molar-refractivity contribution in [3.05, 3.63) is 41.1 Å². The van der Waals surface area contributed by atoms with Gasteiger partial charge < -0.3 is 25.2 Å². The van der Waals surface area contributed by atoms with Gasteiger partial charge in [0.25, 0.3) is 0 Å². The molecule has 1 aromatic rings. The molecule has 0 aromatic heterocycles. The van der Waals surface area contributed by atoms with Crippen LogP contribution < -0.4 is 10.6 Å². The van der Waals surface area contributed by atoms with Crippen LogP contribution in [0.1, 0.15) is 37.8 Å². The molecule has 3 rings (SSSR count). The summed E-state index contributed by atoms with van der Waals surface area (Å²) in [6.45, 7) is 3.58. The van der Waals surface area contributed by atoms with Crippen molar-refractivity contribution in [3.8, 4) is 5.75 Å². The van der Waals surface area contributed by atoms with Crippen molar-refractivity contribution < 1.29 is 24.2 Å². The normalized spacial score (nSPS) is 21.1. The van der Waals surface area contributed by atoms with E-state index in [0.717, 1.165) is 12.8 Å². The van der Waals surface area contributed by atoms with E-state index in [0.29, 0.717) is 49.0 Å². The van der Waals surface area contributed by atoms with Gasteiger partial charge in [-0.05, 0) is 42.9 Å². The van der Waals surface area contributed by atoms with Gasteiger partial charge in [-0.1, -0.05) is 19.1 Å². The number of aromatic hydroxyl groups is 1. The number of amides is 2. The topological polar surface area (TPSA) is 96.9 Å². The monoisotopic (exact) mass is 360 g/mol. The maximum absolute atomic E-state index is 12.8. The molecule has 0 spiro atoms. The Hall–Kier alpha value is -2.54. The van der Waals surface area contributed by atoms with Crippen LogP contribution in [0.3, 0.4) is 0 Å². The van der Waals surface area contributed by atoms with Crippen molar-refractivity contribution in [1.29, 1.82) is 0 Å². The van der Waals surface area contributed by atoms with Gasteiger partial charge >= 0.3 is 12.0 Å². The van der Waals surface area contributed by atoms with E-state index in [1.807, 2.05) is 6.92 Å². The Morgan fingerprint density at radius 1 is 1.35 bits per heavy atom. The molecule has 140 valence electrons. The van der Waals surface area contributed by atoms with Gasteiger partial charge in [0.2, 0.25) is 0 Å². The van der Waals surface area contributed by atoms with Crippen molar-refractivity contribution in [2.24, 2.45) is 5.92 Å². The van der Waals surface area contributed by atoms with Gasteiger partial charge in [-0.25, -0.2) is 9.59 Å². The molecule has 1 fully saturated rings. The highest BCUT2D eigenvalue weighted by Gasteiger charge is 2.33. The molecule has 0 saturated carbocycles. The minimum atomic E-state index is -0.659. The van der Waals surface area contributed by atoms with Crippen LogP contribution in [0.25, 0.3) is 0 Å². The molecule has 2 heterocycles. The van der Waals surface area contributed by atoms with Gasteiger partial charge in [0.1, 0.15) is 5.75 Å². The summed E-state index contributed by atoms with van der Waals surface area (Å²) in [4.78, 5) is 24.8. The first-order valence-corrected chi connectivity index (χ1v) is 8.92. The number of carbonyl (C=O) groups is 2. The lowest BCUT2D eigenvalue weighted by Crippen LogP contribution is -2.46. The number of esters is 1. The maximum atomic E-state index is 12.8. The van der Waals surface area contributed by atoms with E-state index in [1.54, 1.807) is 18.2 Å². The van der Waals surface area contributed by atoms with Crippen LogP contribution in [0.2, 0.25) is 0 Å². The lowest BCUT2D eigenvalue weighted by atomic mass is 9.94. The average Bonchev–Trinajstić information content (AvgIpc) is 2.66. The predicted molar refractivity (Wildman–Crippen MR) is 94.3 cm³/mol. The number of hydrogen-bond donors (Lipinski definition) is 3. The second kappa shape index (κ2) is 8.23. The van der Waals surface area contributed by atoms with Crippen molar-refractivity contribution in [3.63, 3.8) is 0 Å². The van der Waals surface area contributed by atoms with E-state index in [-0.39, 0.29) is 11.8 Å². The molecule has 1 atom stereocenters. The zero-order chi connectivity index (χ0) is 18.5. The molecular formula is C19H24N2O5. The zero-order valence-electron chi connectivity index (χ0n) is 14.8. The first-order valence-electron chi connectivity index (χ1n) is 8.92. The molecule has 0 aliphatic carbocycles. The Balaban J connectivity index is 1.82. The molecule has 7 heteroatoms. The third-order valence-electron chi connectivity index (χ3n) is 4.72. The number of urea groups is 1. The fraction of sp³-hybridized carbons (Fsp3) is 0.474. The minimum absolute atomic E-state index is 0.0725. The summed E-state index contributed by atoms with van der Waals surface area (Å²) in [5.74, 6) is -0.0822. The molecule has 2 amide bonds. The number of ether oxygens (including phenoxy) is 2. The van der Waals surface area contributed by atoms with Gasteiger partial charge in [0.05, 0.1) is 18.2 Å². The Kier molecular flexibility index (Phi) is 5.78. The van der Waals surface area contributed by atoms with Gasteiger partial charge in [-0.2, -0.15) is 0 Å². The van der Waals surface area contributed by atoms with Crippen LogP contribution in [0.5, 0.6) is 5.75 Å². The van der Waals surface area contributed by atoms with Gasteiger partial charge in [-0.15, -0.1) is 0 Å². The number of rotatable bonds is 5. The smallest absolute Gasteiger partial charge is 0.338 e. The number of hydrogen-bond acceptors (Lipinski definition) is 5. The summed E-state index contributed by atoms with van der Waals surface area (Å²) in [6.07, 6.45) is 2.24. The Bertz CT molecular complexity index is 710. The maximum Gasteiger partial charge on any atom is 0.338 e. The van der Waals surface area contributed by atoms with Crippen molar-refractivity contribution in [1.82, 2.24) is 10.6 Å². The lowest BCUT2D eigenvalue weighted by molar-refractivity contribution is -0.141. The summed E-state index contributed by atoms with van der Waals surface area (Å²) < 4.78 is 10.9. The molecule has 2 aliphatic rings. The van der Waals surface area contributed by atoms with Crippen LogP contribution in [0.15, 0.2) is 35.5 Å². The van der Waals surface area contributed by atoms with Crippen LogP contribution in [-0.4, -0.2) is 36.9 Å². The molecule has 2 aliphatic heterocycles. The van der Waals surface area contributed by atoms with E-state index in [4.69, 9.17) is 9.47 Å². The summed E-state index contributed by atoms with van der Waals surface area (Å²) >= 11 is 0. The quantitative estimate of drug-likeness (QED) is 0.701. The number of phenols is 1. The Morgan fingerprint density at radius 3 is 2.81 bits per heavy atom. The van der Waals surface area contributed by atoms with Crippen LogP contribution >= 0.6 is 0 Å². The standard InChI is InChI=1S/C19H24N2O5/c1-2-15-16(18(23)26-11-12-6-8-25-9-7-12)17(21-19(24)20-15)13-4-3-5-14(22)10-13/h3-5,10,12,17,22H,2,6-9,11H2,1H3,(H2,20,21,24)/t17-/m0/s1. The summed E-state index contributed by atoms with van der Waals surface area (Å²) in [6, 6.07) is 5.48. The molecule has 26 heavy (non-hydrogen) atoms. The van der Waals surface area contributed by atoms with Gasteiger partial charge in [0, 0.05) is 18.9 Å². The summed E-state index contributed by atoms with van der Waals surface area (Å²) in [7, 11) is 0. The third kappa shape index (κ3) is 4.16. The minimum Gasteiger partial charge on any atom is -0.508 e. The largest absolute Gasteiger partial charge is 0.508 e. The average molecular weight is 360 g/mol. The Labute approximate surface area is 152 Å². The second-order valence-corrected chi connectivity index (χ2v) is 6.53. The summed E-state index contributed by atoms with van der Waals surface area (Å²) in [5, 5.41) is 15.2. The van der Waals surface area contributed by atoms with Crippen LogP contribution in [0.4, 0.5) is 4.79 Å². The Morgan fingerprint density at radius 2 is 2.12 bits per heavy atom. The number of phenolic OH excluding ortho intramolecular Hbond substituents is 1. The van der Waals surface area contributed by atoms with Gasteiger partial charge in [-0.3, -0.25) is 0 Å². The number of carbonyl (C=O) groups excluding carboxylic acids is 2. The molecule has 3 N–H and O–H groups in total. The van der Waals surface area contributed by atoms with Crippen LogP contribution in [-0.2, 0) is 14.3 Å². The first kappa shape index (κ1) is 18.3. The summed E-state index contributed by atoms with van der Waals surface area (Å²) in [5.41, 5.74) is 1.55. The molecule has 1 aromatic carbocycles. The molecule has 1 saturated heterocycles. The highest BCUT2D eigenvalue weighted by molar-refractivity contribution is 5.95. The molecule has 0 unspecified atom stereocenters. The van der Waals surface area contributed by atoms with Crippen molar-refractivity contribution >= 4 is 12.0 Å². The van der Waals surface area contributed by atoms with Crippen LogP contribution in [0, 0.1) is 5.92 Å². The van der Waals surface area contributed by atoms with Gasteiger partial charge in [0.15, 0.2) is 0 Å².